The number of hydrogen-bond donors (Lipinski definition) is 1. The lowest BCUT2D eigenvalue weighted by atomic mass is 10.3. The topological polar surface area (TPSA) is 60.4 Å². The Bertz CT molecular complexity index is 550. The fourth-order valence-electron chi connectivity index (χ4n) is 1.40. The fraction of sp³-hybridized carbons (Fsp3) is 0.200. The maximum absolute atomic E-state index is 11.7. The van der Waals surface area contributed by atoms with Crippen molar-refractivity contribution in [2.75, 3.05) is 6.54 Å². The smallest absolute Gasteiger partial charge is 0.258 e. The molecule has 0 unspecified atom stereocenters. The fourth-order valence-corrected chi connectivity index (χ4v) is 1.56. The molecule has 2 heterocycles. The summed E-state index contributed by atoms with van der Waals surface area (Å²) in [5.41, 5.74) is 6.58. The van der Waals surface area contributed by atoms with Crippen molar-refractivity contribution in [2.24, 2.45) is 5.73 Å². The third-order valence-electron chi connectivity index (χ3n) is 2.08. The van der Waals surface area contributed by atoms with Crippen LogP contribution in [0.25, 0.3) is 5.65 Å². The Morgan fingerprint density at radius 2 is 2.27 bits per heavy atom. The van der Waals surface area contributed by atoms with E-state index in [0.29, 0.717) is 29.3 Å². The molecule has 78 valence electrons. The number of hydrogen-bond acceptors (Lipinski definition) is 3. The lowest BCUT2D eigenvalue weighted by molar-refractivity contribution is 0.901. The zero-order chi connectivity index (χ0) is 10.8. The van der Waals surface area contributed by atoms with Crippen molar-refractivity contribution in [3.8, 4) is 0 Å². The van der Waals surface area contributed by atoms with Gasteiger partial charge in [0.25, 0.3) is 5.56 Å². The van der Waals surface area contributed by atoms with Gasteiger partial charge < -0.3 is 5.73 Å². The second-order valence-electron chi connectivity index (χ2n) is 3.20. The molecule has 2 aromatic heterocycles. The Hall–Kier alpha value is -1.39. The Kier molecular flexibility index (Phi) is 2.70. The second kappa shape index (κ2) is 4.00. The van der Waals surface area contributed by atoms with Crippen LogP contribution in [0.1, 0.15) is 5.69 Å². The molecule has 0 aliphatic rings. The average Bonchev–Trinajstić information content (AvgIpc) is 2.20. The van der Waals surface area contributed by atoms with E-state index >= 15 is 0 Å². The van der Waals surface area contributed by atoms with Gasteiger partial charge >= 0.3 is 0 Å². The molecule has 0 fully saturated rings. The van der Waals surface area contributed by atoms with Crippen molar-refractivity contribution < 1.29 is 0 Å². The summed E-state index contributed by atoms with van der Waals surface area (Å²) in [6, 6.07) is 4.90. The lowest BCUT2D eigenvalue weighted by Gasteiger charge is -2.02. The summed E-state index contributed by atoms with van der Waals surface area (Å²) in [6.45, 7) is 0.482. The zero-order valence-corrected chi connectivity index (χ0v) is 8.74. The third kappa shape index (κ3) is 2.00. The first-order chi connectivity index (χ1) is 7.20. The minimum atomic E-state index is -0.133. The number of nitrogens with two attached hydrogens (primary N) is 1. The monoisotopic (exact) mass is 223 g/mol. The Labute approximate surface area is 91.3 Å². The summed E-state index contributed by atoms with van der Waals surface area (Å²) in [7, 11) is 0. The van der Waals surface area contributed by atoms with Crippen molar-refractivity contribution in [1.82, 2.24) is 9.38 Å². The highest BCUT2D eigenvalue weighted by Crippen LogP contribution is 2.08. The maximum Gasteiger partial charge on any atom is 0.258 e. The van der Waals surface area contributed by atoms with E-state index in [4.69, 9.17) is 17.3 Å². The SMILES string of the molecule is NCCc1cc(=O)n2cc(Cl)ccc2n1. The van der Waals surface area contributed by atoms with Crippen molar-refractivity contribution in [3.05, 3.63) is 45.5 Å². The summed E-state index contributed by atoms with van der Waals surface area (Å²) in [5, 5.41) is 0.512. The molecule has 2 rings (SSSR count). The van der Waals surface area contributed by atoms with Crippen LogP contribution in [0.4, 0.5) is 0 Å². The van der Waals surface area contributed by atoms with E-state index in [-0.39, 0.29) is 5.56 Å². The molecule has 0 atom stereocenters. The minimum Gasteiger partial charge on any atom is -0.330 e. The van der Waals surface area contributed by atoms with Gasteiger partial charge in [-0.2, -0.15) is 0 Å². The molecular weight excluding hydrogens is 214 g/mol. The number of pyridine rings is 1. The van der Waals surface area contributed by atoms with Crippen molar-refractivity contribution in [3.63, 3.8) is 0 Å². The highest BCUT2D eigenvalue weighted by Gasteiger charge is 2.01. The van der Waals surface area contributed by atoms with E-state index in [1.165, 1.54) is 10.5 Å². The van der Waals surface area contributed by atoms with Crippen molar-refractivity contribution in [2.45, 2.75) is 6.42 Å². The first kappa shape index (κ1) is 10.1. The van der Waals surface area contributed by atoms with Crippen molar-refractivity contribution in [1.29, 1.82) is 0 Å². The highest BCUT2D eigenvalue weighted by molar-refractivity contribution is 6.30. The Morgan fingerprint density at radius 1 is 1.47 bits per heavy atom. The van der Waals surface area contributed by atoms with Gasteiger partial charge in [-0.05, 0) is 18.7 Å². The number of rotatable bonds is 2. The molecule has 0 saturated heterocycles. The van der Waals surface area contributed by atoms with Crippen LogP contribution in [0.3, 0.4) is 0 Å². The molecule has 0 aliphatic heterocycles. The van der Waals surface area contributed by atoms with E-state index in [1.54, 1.807) is 18.3 Å². The molecule has 0 spiro atoms. The van der Waals surface area contributed by atoms with Crippen LogP contribution < -0.4 is 11.3 Å². The van der Waals surface area contributed by atoms with E-state index in [9.17, 15) is 4.79 Å². The van der Waals surface area contributed by atoms with Gasteiger partial charge in [-0.3, -0.25) is 9.20 Å². The summed E-state index contributed by atoms with van der Waals surface area (Å²) in [6.07, 6.45) is 2.16. The molecule has 0 amide bonds. The normalized spacial score (nSPS) is 10.8. The van der Waals surface area contributed by atoms with Gasteiger partial charge in [0.2, 0.25) is 0 Å². The van der Waals surface area contributed by atoms with E-state index in [1.807, 2.05) is 0 Å². The molecule has 2 N–H and O–H groups in total. The van der Waals surface area contributed by atoms with E-state index in [0.717, 1.165) is 0 Å². The molecule has 4 nitrogen and oxygen atoms in total. The van der Waals surface area contributed by atoms with Crippen LogP contribution in [0, 0.1) is 0 Å². The quantitative estimate of drug-likeness (QED) is 0.821. The van der Waals surface area contributed by atoms with Gasteiger partial charge in [0, 0.05) is 24.4 Å². The first-order valence-corrected chi connectivity index (χ1v) is 4.96. The van der Waals surface area contributed by atoms with Gasteiger partial charge in [-0.25, -0.2) is 4.98 Å². The molecule has 0 aliphatic carbocycles. The van der Waals surface area contributed by atoms with Gasteiger partial charge in [-0.1, -0.05) is 11.6 Å². The highest BCUT2D eigenvalue weighted by atomic mass is 35.5. The first-order valence-electron chi connectivity index (χ1n) is 4.58. The summed E-state index contributed by atoms with van der Waals surface area (Å²) < 4.78 is 1.42. The Morgan fingerprint density at radius 3 is 3.00 bits per heavy atom. The van der Waals surface area contributed by atoms with Crippen LogP contribution in [0.5, 0.6) is 0 Å². The standard InChI is InChI=1S/C10H10ClN3O/c11-7-1-2-9-13-8(3-4-12)5-10(15)14(9)6-7/h1-2,5-6H,3-4,12H2. The summed E-state index contributed by atoms with van der Waals surface area (Å²) >= 11 is 5.78. The molecule has 0 radical (unpaired) electrons. The average molecular weight is 224 g/mol. The summed E-state index contributed by atoms with van der Waals surface area (Å²) in [5.74, 6) is 0. The molecule has 2 aromatic rings. The van der Waals surface area contributed by atoms with Crippen molar-refractivity contribution >= 4 is 17.2 Å². The number of nitrogens with zero attached hydrogens (tertiary/aromatic N) is 2. The number of fused-ring (bicyclic) bond motifs is 1. The zero-order valence-electron chi connectivity index (χ0n) is 7.98. The number of halogens is 1. The summed E-state index contributed by atoms with van der Waals surface area (Å²) in [4.78, 5) is 15.9. The van der Waals surface area contributed by atoms with Crippen LogP contribution in [-0.2, 0) is 6.42 Å². The number of aromatic nitrogens is 2. The third-order valence-corrected chi connectivity index (χ3v) is 2.30. The van der Waals surface area contributed by atoms with Crippen LogP contribution >= 0.6 is 11.6 Å². The Balaban J connectivity index is 2.67. The molecular formula is C10H10ClN3O. The van der Waals surface area contributed by atoms with Gasteiger partial charge in [0.05, 0.1) is 5.02 Å². The van der Waals surface area contributed by atoms with E-state index < -0.39 is 0 Å². The maximum atomic E-state index is 11.7. The van der Waals surface area contributed by atoms with Gasteiger partial charge in [-0.15, -0.1) is 0 Å². The largest absolute Gasteiger partial charge is 0.330 e. The van der Waals surface area contributed by atoms with Crippen LogP contribution in [-0.4, -0.2) is 15.9 Å². The molecule has 15 heavy (non-hydrogen) atoms. The predicted octanol–water partition coefficient (Wildman–Crippen LogP) is 0.849. The van der Waals surface area contributed by atoms with Gasteiger partial charge in [0.1, 0.15) is 5.65 Å². The minimum absolute atomic E-state index is 0.133. The van der Waals surface area contributed by atoms with E-state index in [2.05, 4.69) is 4.98 Å². The predicted molar refractivity (Wildman–Crippen MR) is 59.2 cm³/mol. The second-order valence-corrected chi connectivity index (χ2v) is 3.64. The van der Waals surface area contributed by atoms with Crippen LogP contribution in [0.2, 0.25) is 5.02 Å². The lowest BCUT2D eigenvalue weighted by Crippen LogP contribution is -2.16. The molecule has 0 aromatic carbocycles. The molecule has 5 heteroatoms. The molecule has 0 bridgehead atoms. The van der Waals surface area contributed by atoms with Crippen LogP contribution in [0.15, 0.2) is 29.2 Å². The van der Waals surface area contributed by atoms with Gasteiger partial charge in [0.15, 0.2) is 0 Å². The molecule has 0 saturated carbocycles.